The Morgan fingerprint density at radius 1 is 1.07 bits per heavy atom. The van der Waals surface area contributed by atoms with Gasteiger partial charge in [-0.2, -0.15) is 5.11 Å². The van der Waals surface area contributed by atoms with Gasteiger partial charge in [-0.15, -0.1) is 0 Å². The molecule has 0 aromatic heterocycles. The number of rotatable bonds is 4. The van der Waals surface area contributed by atoms with Crippen molar-refractivity contribution in [3.8, 4) is 0 Å². The van der Waals surface area contributed by atoms with E-state index in [-0.39, 0.29) is 22.3 Å². The Kier molecular flexibility index (Phi) is 5.28. The Morgan fingerprint density at radius 3 is 2.38 bits per heavy atom. The third-order valence-electron chi connectivity index (χ3n) is 4.48. The Hall–Kier alpha value is -2.49. The number of benzene rings is 2. The first-order valence-electron chi connectivity index (χ1n) is 8.41. The van der Waals surface area contributed by atoms with Gasteiger partial charge in [0.1, 0.15) is 6.54 Å². The standard InChI is InChI=1S/C18H12BrCl2N5O3/c19-9-4-6-10(7-5-9)26-17(28)15-16(18(26)29)25(24-23-15)8-13(27)22-14-11(20)2-1-3-12(14)21/h1-7,15-16H,8H2,(H,22,27)/t15-,16-/m1/s1. The maximum Gasteiger partial charge on any atom is 0.263 e. The first-order chi connectivity index (χ1) is 13.9. The number of anilines is 2. The SMILES string of the molecule is O=C(CN1N=N[C@H]2C(=O)N(c3ccc(Br)cc3)C(=O)[C@@H]21)Nc1c(Cl)cccc1Cl. The average molecular weight is 497 g/mol. The van der Waals surface area contributed by atoms with E-state index in [0.29, 0.717) is 5.69 Å². The summed E-state index contributed by atoms with van der Waals surface area (Å²) in [6, 6.07) is 9.62. The van der Waals surface area contributed by atoms with E-state index < -0.39 is 29.8 Å². The molecule has 0 saturated carbocycles. The van der Waals surface area contributed by atoms with Gasteiger partial charge in [0.25, 0.3) is 11.8 Å². The lowest BCUT2D eigenvalue weighted by molar-refractivity contribution is -0.123. The molecule has 1 saturated heterocycles. The van der Waals surface area contributed by atoms with E-state index >= 15 is 0 Å². The Morgan fingerprint density at radius 2 is 1.72 bits per heavy atom. The van der Waals surface area contributed by atoms with Crippen molar-refractivity contribution in [1.82, 2.24) is 5.01 Å². The molecule has 2 atom stereocenters. The van der Waals surface area contributed by atoms with Crippen molar-refractivity contribution in [3.63, 3.8) is 0 Å². The van der Waals surface area contributed by atoms with Gasteiger partial charge in [-0.1, -0.05) is 50.4 Å². The zero-order valence-corrected chi connectivity index (χ0v) is 17.6. The van der Waals surface area contributed by atoms with Gasteiger partial charge in [0, 0.05) is 4.47 Å². The first-order valence-corrected chi connectivity index (χ1v) is 9.96. The molecule has 4 rings (SSSR count). The maximum absolute atomic E-state index is 12.9. The van der Waals surface area contributed by atoms with E-state index in [2.05, 4.69) is 31.6 Å². The molecule has 11 heteroatoms. The second-order valence-electron chi connectivity index (χ2n) is 6.33. The van der Waals surface area contributed by atoms with Gasteiger partial charge < -0.3 is 5.32 Å². The van der Waals surface area contributed by atoms with E-state index in [1.807, 2.05) is 0 Å². The highest BCUT2D eigenvalue weighted by Crippen LogP contribution is 2.33. The molecule has 0 spiro atoms. The summed E-state index contributed by atoms with van der Waals surface area (Å²) in [4.78, 5) is 39.1. The molecule has 1 fully saturated rings. The second-order valence-corrected chi connectivity index (χ2v) is 8.06. The van der Waals surface area contributed by atoms with E-state index in [9.17, 15) is 14.4 Å². The van der Waals surface area contributed by atoms with Gasteiger partial charge in [-0.05, 0) is 36.4 Å². The highest BCUT2D eigenvalue weighted by atomic mass is 79.9. The summed E-state index contributed by atoms with van der Waals surface area (Å²) in [5, 5.41) is 12.1. The molecule has 29 heavy (non-hydrogen) atoms. The molecule has 3 amide bonds. The minimum absolute atomic E-state index is 0.263. The zero-order valence-electron chi connectivity index (χ0n) is 14.6. The molecule has 2 aliphatic heterocycles. The smallest absolute Gasteiger partial charge is 0.263 e. The monoisotopic (exact) mass is 495 g/mol. The fraction of sp³-hybridized carbons (Fsp3) is 0.167. The van der Waals surface area contributed by atoms with Crippen LogP contribution in [0.2, 0.25) is 10.0 Å². The molecule has 8 nitrogen and oxygen atoms in total. The predicted molar refractivity (Wildman–Crippen MR) is 111 cm³/mol. The molecule has 2 heterocycles. The number of fused-ring (bicyclic) bond motifs is 1. The number of hydrogen-bond donors (Lipinski definition) is 1. The van der Waals surface area contributed by atoms with Crippen LogP contribution in [0.3, 0.4) is 0 Å². The zero-order chi connectivity index (χ0) is 20.7. The Labute approximate surface area is 183 Å². The lowest BCUT2D eigenvalue weighted by Gasteiger charge is -2.20. The quantitative estimate of drug-likeness (QED) is 0.653. The van der Waals surface area contributed by atoms with Gasteiger partial charge in [0.15, 0.2) is 12.1 Å². The largest absolute Gasteiger partial charge is 0.322 e. The van der Waals surface area contributed by atoms with Crippen LogP contribution in [0, 0.1) is 0 Å². The molecule has 2 aliphatic rings. The van der Waals surface area contributed by atoms with Gasteiger partial charge in [0.05, 0.1) is 21.4 Å². The highest BCUT2D eigenvalue weighted by molar-refractivity contribution is 9.10. The van der Waals surface area contributed by atoms with Crippen LogP contribution in [0.25, 0.3) is 0 Å². The lowest BCUT2D eigenvalue weighted by Crippen LogP contribution is -2.43. The van der Waals surface area contributed by atoms with E-state index in [1.54, 1.807) is 42.5 Å². The number of hydrogen-bond acceptors (Lipinski definition) is 6. The van der Waals surface area contributed by atoms with Crippen molar-refractivity contribution in [1.29, 1.82) is 0 Å². The van der Waals surface area contributed by atoms with Crippen molar-refractivity contribution in [2.75, 3.05) is 16.8 Å². The number of carbonyl (C=O) groups excluding carboxylic acids is 3. The fourth-order valence-electron chi connectivity index (χ4n) is 3.14. The van der Waals surface area contributed by atoms with E-state index in [1.165, 1.54) is 5.01 Å². The topological polar surface area (TPSA) is 94.4 Å². The summed E-state index contributed by atoms with van der Waals surface area (Å²) < 4.78 is 0.816. The molecule has 0 bridgehead atoms. The summed E-state index contributed by atoms with van der Waals surface area (Å²) in [5.74, 6) is -1.47. The van der Waals surface area contributed by atoms with E-state index in [4.69, 9.17) is 23.2 Å². The molecular formula is C18H12BrCl2N5O3. The van der Waals surface area contributed by atoms with Crippen molar-refractivity contribution in [3.05, 3.63) is 57.0 Å². The van der Waals surface area contributed by atoms with Gasteiger partial charge in [-0.3, -0.25) is 19.4 Å². The average Bonchev–Trinajstić information content (AvgIpc) is 3.19. The summed E-state index contributed by atoms with van der Waals surface area (Å²) in [6.07, 6.45) is 0. The number of nitrogens with one attached hydrogen (secondary N) is 1. The number of imide groups is 1. The first kappa shape index (κ1) is 19.8. The highest BCUT2D eigenvalue weighted by Gasteiger charge is 2.55. The van der Waals surface area contributed by atoms with Crippen LogP contribution < -0.4 is 10.2 Å². The molecule has 0 radical (unpaired) electrons. The van der Waals surface area contributed by atoms with Crippen molar-refractivity contribution in [2.24, 2.45) is 10.3 Å². The minimum Gasteiger partial charge on any atom is -0.322 e. The molecule has 0 unspecified atom stereocenters. The van der Waals surface area contributed by atoms with Crippen LogP contribution in [0.5, 0.6) is 0 Å². The normalized spacial score (nSPS) is 20.4. The summed E-state index contributed by atoms with van der Waals surface area (Å²) in [6.45, 7) is -0.292. The van der Waals surface area contributed by atoms with Crippen LogP contribution in [0.4, 0.5) is 11.4 Å². The van der Waals surface area contributed by atoms with Crippen molar-refractivity contribution < 1.29 is 14.4 Å². The lowest BCUT2D eigenvalue weighted by atomic mass is 10.1. The van der Waals surface area contributed by atoms with Crippen molar-refractivity contribution in [2.45, 2.75) is 12.1 Å². The summed E-state index contributed by atoms with van der Waals surface area (Å²) in [7, 11) is 0. The van der Waals surface area contributed by atoms with Crippen LogP contribution in [-0.2, 0) is 14.4 Å². The number of halogens is 3. The van der Waals surface area contributed by atoms with Gasteiger partial charge >= 0.3 is 0 Å². The number of amides is 3. The third kappa shape index (κ3) is 3.61. The minimum atomic E-state index is -0.983. The Balaban J connectivity index is 1.50. The molecule has 148 valence electrons. The Bertz CT molecular complexity index is 1030. The summed E-state index contributed by atoms with van der Waals surface area (Å²) >= 11 is 15.4. The van der Waals surface area contributed by atoms with Gasteiger partial charge in [-0.25, -0.2) is 4.90 Å². The molecule has 2 aromatic rings. The predicted octanol–water partition coefficient (Wildman–Crippen LogP) is 3.69. The second kappa shape index (κ2) is 7.74. The molecule has 2 aromatic carbocycles. The number of nitrogens with zero attached hydrogens (tertiary/aromatic N) is 4. The number of para-hydroxylation sites is 1. The van der Waals surface area contributed by atoms with Crippen LogP contribution in [0.15, 0.2) is 57.3 Å². The molecule has 0 aliphatic carbocycles. The van der Waals surface area contributed by atoms with E-state index in [0.717, 1.165) is 9.37 Å². The third-order valence-corrected chi connectivity index (χ3v) is 5.63. The molecule has 1 N–H and O–H groups in total. The summed E-state index contributed by atoms with van der Waals surface area (Å²) in [5.41, 5.74) is 0.693. The fourth-order valence-corrected chi connectivity index (χ4v) is 3.90. The van der Waals surface area contributed by atoms with Crippen LogP contribution in [0.1, 0.15) is 0 Å². The van der Waals surface area contributed by atoms with Crippen LogP contribution in [-0.4, -0.2) is 41.4 Å². The van der Waals surface area contributed by atoms with Crippen molar-refractivity contribution >= 4 is 68.2 Å². The van der Waals surface area contributed by atoms with Crippen LogP contribution >= 0.6 is 39.1 Å². The van der Waals surface area contributed by atoms with Gasteiger partial charge in [0.2, 0.25) is 5.91 Å². The number of carbonyl (C=O) groups is 3. The maximum atomic E-state index is 12.9. The molecular weight excluding hydrogens is 485 g/mol.